The summed E-state index contributed by atoms with van der Waals surface area (Å²) in [6.45, 7) is 4.73. The number of aromatic nitrogens is 1. The van der Waals surface area contributed by atoms with Crippen LogP contribution in [0.1, 0.15) is 36.4 Å². The quantitative estimate of drug-likeness (QED) is 0.850. The Morgan fingerprint density at radius 2 is 2.21 bits per heavy atom. The van der Waals surface area contributed by atoms with Crippen LogP contribution in [0.4, 0.5) is 0 Å². The van der Waals surface area contributed by atoms with Gasteiger partial charge in [-0.25, -0.2) is 0 Å². The molecule has 24 heavy (non-hydrogen) atoms. The Labute approximate surface area is 140 Å². The highest BCUT2D eigenvalue weighted by molar-refractivity contribution is 5.92. The average Bonchev–Trinajstić information content (AvgIpc) is 3.22. The number of hydrogen-bond donors (Lipinski definition) is 2. The van der Waals surface area contributed by atoms with Crippen LogP contribution in [0.15, 0.2) is 28.8 Å². The molecule has 2 heterocycles. The summed E-state index contributed by atoms with van der Waals surface area (Å²) in [5.74, 6) is 0.986. The van der Waals surface area contributed by atoms with Crippen molar-refractivity contribution in [2.75, 3.05) is 13.2 Å². The lowest BCUT2D eigenvalue weighted by Crippen LogP contribution is -2.39. The molecule has 1 aliphatic rings. The third-order valence-electron chi connectivity index (χ3n) is 4.28. The van der Waals surface area contributed by atoms with Crippen molar-refractivity contribution in [2.24, 2.45) is 5.92 Å². The van der Waals surface area contributed by atoms with E-state index in [0.717, 1.165) is 23.3 Å². The first-order valence-electron chi connectivity index (χ1n) is 8.23. The van der Waals surface area contributed by atoms with Gasteiger partial charge in [0.1, 0.15) is 11.4 Å². The summed E-state index contributed by atoms with van der Waals surface area (Å²) in [7, 11) is 0. The molecule has 2 aromatic rings. The molecule has 1 unspecified atom stereocenters. The maximum atomic E-state index is 12.3. The van der Waals surface area contributed by atoms with Crippen molar-refractivity contribution in [3.05, 3.63) is 35.6 Å². The summed E-state index contributed by atoms with van der Waals surface area (Å²) in [6.07, 6.45) is 1.39. The van der Waals surface area contributed by atoms with Gasteiger partial charge in [0.2, 0.25) is 5.76 Å². The highest BCUT2D eigenvalue weighted by atomic mass is 16.5. The molecule has 6 nitrogen and oxygen atoms in total. The van der Waals surface area contributed by atoms with E-state index in [9.17, 15) is 4.79 Å². The standard InChI is InChI=1S/C18H22N2O4/c1-11(2)14(5-7-21)19-18(22)17-10-15(20-24-17)12-3-4-16-13(9-12)6-8-23-16/h3-4,9-11,14,21H,5-8H2,1-2H3,(H,19,22). The second-order valence-corrected chi connectivity index (χ2v) is 6.33. The normalized spacial score (nSPS) is 14.3. The lowest BCUT2D eigenvalue weighted by molar-refractivity contribution is 0.0879. The van der Waals surface area contributed by atoms with E-state index >= 15 is 0 Å². The zero-order valence-corrected chi connectivity index (χ0v) is 13.9. The number of nitrogens with zero attached hydrogens (tertiary/aromatic N) is 1. The second-order valence-electron chi connectivity index (χ2n) is 6.33. The van der Waals surface area contributed by atoms with Crippen LogP contribution in [-0.2, 0) is 6.42 Å². The van der Waals surface area contributed by atoms with Gasteiger partial charge in [-0.05, 0) is 36.1 Å². The lowest BCUT2D eigenvalue weighted by atomic mass is 10.0. The fourth-order valence-electron chi connectivity index (χ4n) is 2.81. The minimum absolute atomic E-state index is 0.0297. The summed E-state index contributed by atoms with van der Waals surface area (Å²) in [6, 6.07) is 7.38. The van der Waals surface area contributed by atoms with Gasteiger partial charge in [-0.15, -0.1) is 0 Å². The minimum atomic E-state index is -0.314. The summed E-state index contributed by atoms with van der Waals surface area (Å²) >= 11 is 0. The third-order valence-corrected chi connectivity index (χ3v) is 4.28. The van der Waals surface area contributed by atoms with Crippen LogP contribution in [-0.4, -0.2) is 35.4 Å². The summed E-state index contributed by atoms with van der Waals surface area (Å²) in [5.41, 5.74) is 2.67. The number of aliphatic hydroxyl groups excluding tert-OH is 1. The van der Waals surface area contributed by atoms with E-state index in [1.54, 1.807) is 6.07 Å². The topological polar surface area (TPSA) is 84.6 Å². The Balaban J connectivity index is 1.74. The number of amides is 1. The van der Waals surface area contributed by atoms with Crippen molar-refractivity contribution < 1.29 is 19.2 Å². The molecule has 0 spiro atoms. The molecule has 0 bridgehead atoms. The van der Waals surface area contributed by atoms with E-state index in [1.807, 2.05) is 32.0 Å². The number of rotatable bonds is 6. The Morgan fingerprint density at radius 1 is 1.38 bits per heavy atom. The van der Waals surface area contributed by atoms with Crippen molar-refractivity contribution in [3.63, 3.8) is 0 Å². The van der Waals surface area contributed by atoms with Crippen LogP contribution in [0, 0.1) is 5.92 Å². The van der Waals surface area contributed by atoms with Crippen LogP contribution in [0.25, 0.3) is 11.3 Å². The predicted molar refractivity (Wildman–Crippen MR) is 88.9 cm³/mol. The highest BCUT2D eigenvalue weighted by Gasteiger charge is 2.21. The number of hydrogen-bond acceptors (Lipinski definition) is 5. The Kier molecular flexibility index (Phi) is 4.85. The molecule has 0 fully saturated rings. The molecule has 0 saturated carbocycles. The predicted octanol–water partition coefficient (Wildman–Crippen LogP) is 2.41. The number of carbonyl (C=O) groups excluding carboxylic acids is 1. The van der Waals surface area contributed by atoms with Crippen LogP contribution >= 0.6 is 0 Å². The fraction of sp³-hybridized carbons (Fsp3) is 0.444. The molecule has 0 saturated heterocycles. The van der Waals surface area contributed by atoms with Gasteiger partial charge in [-0.2, -0.15) is 0 Å². The van der Waals surface area contributed by atoms with Crippen LogP contribution < -0.4 is 10.1 Å². The van der Waals surface area contributed by atoms with E-state index in [-0.39, 0.29) is 30.2 Å². The maximum Gasteiger partial charge on any atom is 0.290 e. The molecular formula is C18H22N2O4. The molecule has 128 valence electrons. The van der Waals surface area contributed by atoms with Gasteiger partial charge >= 0.3 is 0 Å². The minimum Gasteiger partial charge on any atom is -0.493 e. The van der Waals surface area contributed by atoms with Crippen molar-refractivity contribution in [1.29, 1.82) is 0 Å². The van der Waals surface area contributed by atoms with E-state index in [0.29, 0.717) is 18.7 Å². The molecule has 2 N–H and O–H groups in total. The molecule has 0 aliphatic carbocycles. The Bertz CT molecular complexity index is 724. The Hall–Kier alpha value is -2.34. The maximum absolute atomic E-state index is 12.3. The van der Waals surface area contributed by atoms with Crippen LogP contribution in [0.2, 0.25) is 0 Å². The number of ether oxygens (including phenoxy) is 1. The molecule has 3 rings (SSSR count). The first kappa shape index (κ1) is 16.5. The van der Waals surface area contributed by atoms with Crippen molar-refractivity contribution in [3.8, 4) is 17.0 Å². The Morgan fingerprint density at radius 3 is 2.96 bits per heavy atom. The summed E-state index contributed by atoms with van der Waals surface area (Å²) in [4.78, 5) is 12.3. The van der Waals surface area contributed by atoms with Crippen LogP contribution in [0.5, 0.6) is 5.75 Å². The number of fused-ring (bicyclic) bond motifs is 1. The first-order chi connectivity index (χ1) is 11.6. The molecule has 1 aromatic carbocycles. The highest BCUT2D eigenvalue weighted by Crippen LogP contribution is 2.30. The molecule has 1 aromatic heterocycles. The van der Waals surface area contributed by atoms with Gasteiger partial charge in [0.15, 0.2) is 0 Å². The van der Waals surface area contributed by atoms with E-state index in [2.05, 4.69) is 10.5 Å². The molecule has 6 heteroatoms. The summed E-state index contributed by atoms with van der Waals surface area (Å²) < 4.78 is 10.7. The van der Waals surface area contributed by atoms with Gasteiger partial charge in [0.25, 0.3) is 5.91 Å². The van der Waals surface area contributed by atoms with Gasteiger partial charge < -0.3 is 19.7 Å². The molecule has 0 radical (unpaired) electrons. The van der Waals surface area contributed by atoms with E-state index < -0.39 is 0 Å². The first-order valence-corrected chi connectivity index (χ1v) is 8.23. The SMILES string of the molecule is CC(C)C(CCO)NC(=O)c1cc(-c2ccc3c(c2)CCO3)no1. The van der Waals surface area contributed by atoms with Gasteiger partial charge in [0, 0.05) is 30.7 Å². The van der Waals surface area contributed by atoms with Gasteiger partial charge in [-0.3, -0.25) is 4.79 Å². The van der Waals surface area contributed by atoms with Gasteiger partial charge in [0.05, 0.1) is 6.61 Å². The summed E-state index contributed by atoms with van der Waals surface area (Å²) in [5, 5.41) is 16.0. The molecular weight excluding hydrogens is 308 g/mol. The second kappa shape index (κ2) is 7.05. The smallest absolute Gasteiger partial charge is 0.290 e. The number of aliphatic hydroxyl groups is 1. The largest absolute Gasteiger partial charge is 0.493 e. The van der Waals surface area contributed by atoms with Crippen molar-refractivity contribution >= 4 is 5.91 Å². The molecule has 1 atom stereocenters. The fourth-order valence-corrected chi connectivity index (χ4v) is 2.81. The number of carbonyl (C=O) groups is 1. The van der Waals surface area contributed by atoms with Crippen molar-refractivity contribution in [2.45, 2.75) is 32.7 Å². The van der Waals surface area contributed by atoms with E-state index in [4.69, 9.17) is 14.4 Å². The lowest BCUT2D eigenvalue weighted by Gasteiger charge is -2.20. The molecule has 1 aliphatic heterocycles. The monoisotopic (exact) mass is 330 g/mol. The number of benzene rings is 1. The molecule has 1 amide bonds. The zero-order valence-electron chi connectivity index (χ0n) is 13.9. The van der Waals surface area contributed by atoms with Gasteiger partial charge in [-0.1, -0.05) is 19.0 Å². The van der Waals surface area contributed by atoms with E-state index in [1.165, 1.54) is 0 Å². The average molecular weight is 330 g/mol. The zero-order chi connectivity index (χ0) is 17.1. The van der Waals surface area contributed by atoms with Crippen LogP contribution in [0.3, 0.4) is 0 Å². The van der Waals surface area contributed by atoms with Crippen molar-refractivity contribution in [1.82, 2.24) is 10.5 Å². The third kappa shape index (κ3) is 3.43. The number of nitrogens with one attached hydrogen (secondary N) is 1.